The van der Waals surface area contributed by atoms with Crippen molar-refractivity contribution in [1.82, 2.24) is 4.57 Å². The largest absolute Gasteiger partial charge is 0.449 e. The van der Waals surface area contributed by atoms with Crippen LogP contribution < -0.4 is 35.8 Å². The van der Waals surface area contributed by atoms with E-state index in [9.17, 15) is 0 Å². The standard InChI is InChI=1S/C56H52BN3O2/c1-54(2,3)35-22-27-39(28-23-35)58-43-32-26-37(56(7,8)9)34-42(43)57-49-44(58)18-15-19-45(49)59(40-29-24-36(25-30-40)55(4,5)6)51-41-31-33-48-52(62-47-21-14-13-20-46(47)61-48)50(41)60(53(51)57)38-16-11-10-12-17-38/h10-34H,1-9H3. The minimum Gasteiger partial charge on any atom is -0.449 e. The highest BCUT2D eigenvalue weighted by molar-refractivity contribution is 7.00. The van der Waals surface area contributed by atoms with Crippen LogP contribution in [0.2, 0.25) is 0 Å². The van der Waals surface area contributed by atoms with Crippen LogP contribution in [0.15, 0.2) is 152 Å². The van der Waals surface area contributed by atoms with E-state index < -0.39 is 0 Å². The Kier molecular flexibility index (Phi) is 8.29. The third kappa shape index (κ3) is 5.83. The number of hydrogen-bond acceptors (Lipinski definition) is 4. The average Bonchev–Trinajstić information content (AvgIpc) is 3.60. The second-order valence-electron chi connectivity index (χ2n) is 20.3. The molecule has 3 aliphatic heterocycles. The zero-order valence-electron chi connectivity index (χ0n) is 37.2. The molecule has 0 bridgehead atoms. The van der Waals surface area contributed by atoms with Gasteiger partial charge in [0.2, 0.25) is 0 Å². The molecule has 0 N–H and O–H groups in total. The summed E-state index contributed by atoms with van der Waals surface area (Å²) in [5.41, 5.74) is 16.6. The molecule has 0 atom stereocenters. The number of rotatable bonds is 3. The molecule has 3 aliphatic rings. The number of aromatic nitrogens is 1. The fourth-order valence-corrected chi connectivity index (χ4v) is 9.84. The summed E-state index contributed by atoms with van der Waals surface area (Å²) in [5, 5.41) is 1.09. The SMILES string of the molecule is CC(C)(C)c1ccc(N2c3ccc(C(C)(C)C)cc3B3c4c2cccc4N(c2ccc(C(C)(C)C)cc2)c2c3n(-c3ccccc3)c3c4c(ccc23)Oc2ccccc2O4)cc1. The lowest BCUT2D eigenvalue weighted by Gasteiger charge is -2.44. The summed E-state index contributed by atoms with van der Waals surface area (Å²) in [5.74, 6) is 2.83. The van der Waals surface area contributed by atoms with Crippen molar-refractivity contribution < 1.29 is 9.47 Å². The quantitative estimate of drug-likeness (QED) is 0.166. The fourth-order valence-electron chi connectivity index (χ4n) is 9.84. The maximum atomic E-state index is 6.98. The molecule has 4 heterocycles. The van der Waals surface area contributed by atoms with E-state index in [1.54, 1.807) is 0 Å². The van der Waals surface area contributed by atoms with Crippen LogP contribution in [0.3, 0.4) is 0 Å². The second-order valence-corrected chi connectivity index (χ2v) is 20.3. The van der Waals surface area contributed by atoms with Crippen LogP contribution in [-0.4, -0.2) is 11.3 Å². The van der Waals surface area contributed by atoms with E-state index >= 15 is 0 Å². The summed E-state index contributed by atoms with van der Waals surface area (Å²) in [6, 6.07) is 55.6. The molecular weight excluding hydrogens is 757 g/mol. The Morgan fingerprint density at radius 2 is 0.984 bits per heavy atom. The Morgan fingerprint density at radius 1 is 0.435 bits per heavy atom. The molecule has 7 aromatic carbocycles. The normalized spacial score (nSPS) is 14.0. The summed E-state index contributed by atoms with van der Waals surface area (Å²) in [7, 11) is 0. The van der Waals surface area contributed by atoms with Gasteiger partial charge in [0.05, 0.1) is 5.69 Å². The lowest BCUT2D eigenvalue weighted by molar-refractivity contribution is 0.362. The monoisotopic (exact) mass is 809 g/mol. The average molecular weight is 810 g/mol. The molecule has 0 unspecified atom stereocenters. The molecule has 8 aromatic rings. The summed E-state index contributed by atoms with van der Waals surface area (Å²) in [6.45, 7) is 20.5. The predicted molar refractivity (Wildman–Crippen MR) is 260 cm³/mol. The smallest absolute Gasteiger partial charge is 0.273 e. The van der Waals surface area contributed by atoms with Crippen molar-refractivity contribution in [3.05, 3.63) is 168 Å². The zero-order chi connectivity index (χ0) is 42.9. The van der Waals surface area contributed by atoms with Crippen LogP contribution in [0.25, 0.3) is 16.6 Å². The topological polar surface area (TPSA) is 29.9 Å². The maximum absolute atomic E-state index is 6.98. The van der Waals surface area contributed by atoms with E-state index in [2.05, 4.69) is 204 Å². The van der Waals surface area contributed by atoms with Crippen molar-refractivity contribution in [2.45, 2.75) is 78.6 Å². The van der Waals surface area contributed by atoms with Gasteiger partial charge in [-0.05, 0) is 123 Å². The van der Waals surface area contributed by atoms with Gasteiger partial charge in [0, 0.05) is 45.1 Å². The van der Waals surface area contributed by atoms with Crippen LogP contribution in [-0.2, 0) is 16.2 Å². The van der Waals surface area contributed by atoms with Gasteiger partial charge >= 0.3 is 0 Å². The van der Waals surface area contributed by atoms with Crippen LogP contribution in [0.1, 0.15) is 79.0 Å². The van der Waals surface area contributed by atoms with E-state index in [4.69, 9.17) is 9.47 Å². The third-order valence-corrected chi connectivity index (χ3v) is 13.1. The van der Waals surface area contributed by atoms with E-state index in [-0.39, 0.29) is 23.0 Å². The number of anilines is 6. The minimum atomic E-state index is -0.135. The fraction of sp³-hybridized carbons (Fsp3) is 0.214. The Bertz CT molecular complexity index is 3070. The van der Waals surface area contributed by atoms with Gasteiger partial charge in [0.1, 0.15) is 5.52 Å². The Morgan fingerprint density at radius 3 is 1.60 bits per heavy atom. The van der Waals surface area contributed by atoms with E-state index in [1.165, 1.54) is 50.3 Å². The molecule has 1 aromatic heterocycles. The van der Waals surface area contributed by atoms with Crippen molar-refractivity contribution in [3.8, 4) is 28.7 Å². The van der Waals surface area contributed by atoms with E-state index in [0.29, 0.717) is 23.0 Å². The number of para-hydroxylation sites is 3. The number of nitrogens with zero attached hydrogens (tertiary/aromatic N) is 3. The van der Waals surface area contributed by atoms with Crippen molar-refractivity contribution in [2.75, 3.05) is 9.80 Å². The summed E-state index contributed by atoms with van der Waals surface area (Å²) in [4.78, 5) is 5.02. The van der Waals surface area contributed by atoms with Gasteiger partial charge in [-0.2, -0.15) is 0 Å². The summed E-state index contributed by atoms with van der Waals surface area (Å²) in [6.07, 6.45) is 0. The van der Waals surface area contributed by atoms with Crippen molar-refractivity contribution in [3.63, 3.8) is 0 Å². The summed E-state index contributed by atoms with van der Waals surface area (Å²) < 4.78 is 16.1. The Balaban J connectivity index is 1.28. The van der Waals surface area contributed by atoms with Crippen LogP contribution in [0.5, 0.6) is 23.0 Å². The number of benzene rings is 7. The Labute approximate surface area is 366 Å². The molecule has 306 valence electrons. The minimum absolute atomic E-state index is 0.0101. The van der Waals surface area contributed by atoms with Gasteiger partial charge in [-0.1, -0.05) is 135 Å². The highest BCUT2D eigenvalue weighted by Crippen LogP contribution is 2.53. The Hall–Kier alpha value is -6.66. The molecular formula is C56H52BN3O2. The lowest BCUT2D eigenvalue weighted by atomic mass is 9.34. The van der Waals surface area contributed by atoms with Gasteiger partial charge in [-0.3, -0.25) is 0 Å². The molecule has 0 spiro atoms. The highest BCUT2D eigenvalue weighted by atomic mass is 16.6. The van der Waals surface area contributed by atoms with Gasteiger partial charge in [-0.15, -0.1) is 0 Å². The predicted octanol–water partition coefficient (Wildman–Crippen LogP) is 13.5. The first-order valence-electron chi connectivity index (χ1n) is 22.0. The summed E-state index contributed by atoms with van der Waals surface area (Å²) >= 11 is 0. The number of ether oxygens (including phenoxy) is 2. The molecule has 0 saturated heterocycles. The molecule has 62 heavy (non-hydrogen) atoms. The first kappa shape index (κ1) is 38.3. The van der Waals surface area contributed by atoms with E-state index in [1.807, 2.05) is 24.3 Å². The highest BCUT2D eigenvalue weighted by Gasteiger charge is 2.47. The third-order valence-electron chi connectivity index (χ3n) is 13.1. The maximum Gasteiger partial charge on any atom is 0.273 e. The van der Waals surface area contributed by atoms with Gasteiger partial charge < -0.3 is 23.8 Å². The van der Waals surface area contributed by atoms with Gasteiger partial charge in [-0.25, -0.2) is 0 Å². The van der Waals surface area contributed by atoms with Crippen molar-refractivity contribution in [1.29, 1.82) is 0 Å². The van der Waals surface area contributed by atoms with Crippen molar-refractivity contribution >= 4 is 68.3 Å². The molecule has 11 rings (SSSR count). The zero-order valence-corrected chi connectivity index (χ0v) is 37.2. The number of hydrogen-bond donors (Lipinski definition) is 0. The van der Waals surface area contributed by atoms with Crippen LogP contribution >= 0.6 is 0 Å². The first-order valence-corrected chi connectivity index (χ1v) is 22.0. The molecule has 0 saturated carbocycles. The van der Waals surface area contributed by atoms with Crippen LogP contribution in [0, 0.1) is 0 Å². The molecule has 0 amide bonds. The first-order chi connectivity index (χ1) is 29.7. The van der Waals surface area contributed by atoms with Crippen molar-refractivity contribution in [2.24, 2.45) is 0 Å². The van der Waals surface area contributed by atoms with E-state index in [0.717, 1.165) is 33.7 Å². The second kappa shape index (κ2) is 13.4. The molecule has 0 radical (unpaired) electrons. The molecule has 6 heteroatoms. The molecule has 0 aliphatic carbocycles. The number of fused-ring (bicyclic) bond motifs is 9. The van der Waals surface area contributed by atoms with Crippen LogP contribution in [0.4, 0.5) is 34.1 Å². The molecule has 0 fully saturated rings. The lowest BCUT2D eigenvalue weighted by Crippen LogP contribution is -2.63. The van der Waals surface area contributed by atoms with Gasteiger partial charge in [0.25, 0.3) is 6.71 Å². The van der Waals surface area contributed by atoms with Gasteiger partial charge in [0.15, 0.2) is 23.0 Å². The molecule has 5 nitrogen and oxygen atoms in total.